The van der Waals surface area contributed by atoms with Crippen molar-refractivity contribution >= 4 is 16.1 Å². The Labute approximate surface area is 171 Å². The van der Waals surface area contributed by atoms with E-state index < -0.39 is 10.0 Å². The summed E-state index contributed by atoms with van der Waals surface area (Å²) in [6, 6.07) is 11.3. The number of methoxy groups -OCH3 is 2. The molecule has 0 aliphatic heterocycles. The first-order valence-corrected chi connectivity index (χ1v) is 10.6. The molecule has 0 aliphatic carbocycles. The summed E-state index contributed by atoms with van der Waals surface area (Å²) in [7, 11) is 1.10. The molecule has 0 radical (unpaired) electrons. The highest BCUT2D eigenvalue weighted by Gasteiger charge is 2.18. The normalized spacial score (nSPS) is 12.2. The van der Waals surface area contributed by atoms with Crippen LogP contribution in [-0.2, 0) is 16.4 Å². The number of rotatable bonds is 8. The molecule has 2 rings (SSSR count). The molecule has 0 saturated heterocycles. The minimum absolute atomic E-state index is 0.0375. The van der Waals surface area contributed by atoms with Crippen LogP contribution >= 0.6 is 0 Å². The molecule has 3 N–H and O–H groups in total. The first-order chi connectivity index (χ1) is 13.7. The van der Waals surface area contributed by atoms with E-state index >= 15 is 0 Å². The van der Waals surface area contributed by atoms with E-state index in [0.717, 1.165) is 11.1 Å². The van der Waals surface area contributed by atoms with Crippen LogP contribution in [0.3, 0.4) is 0 Å². The molecule has 0 aromatic heterocycles. The van der Waals surface area contributed by atoms with Crippen molar-refractivity contribution in [1.29, 1.82) is 0 Å². The van der Waals surface area contributed by atoms with Gasteiger partial charge in [0.05, 0.1) is 25.2 Å². The molecule has 8 nitrogen and oxygen atoms in total. The highest BCUT2D eigenvalue weighted by molar-refractivity contribution is 7.89. The fraction of sp³-hybridized carbons (Fsp3) is 0.350. The highest BCUT2D eigenvalue weighted by atomic mass is 32.2. The Morgan fingerprint density at radius 1 is 1.10 bits per heavy atom. The fourth-order valence-electron chi connectivity index (χ4n) is 2.81. The Hall–Kier alpha value is -2.78. The van der Waals surface area contributed by atoms with E-state index in [2.05, 4.69) is 5.32 Å². The van der Waals surface area contributed by atoms with E-state index in [9.17, 15) is 13.2 Å². The topological polar surface area (TPSA) is 111 Å². The zero-order valence-corrected chi connectivity index (χ0v) is 17.8. The summed E-state index contributed by atoms with van der Waals surface area (Å²) in [5.74, 6) is 1.30. The quantitative estimate of drug-likeness (QED) is 0.679. The van der Waals surface area contributed by atoms with Crippen LogP contribution in [0.5, 0.6) is 11.5 Å². The lowest BCUT2D eigenvalue weighted by Gasteiger charge is -2.25. The molecule has 158 valence electrons. The Bertz CT molecular complexity index is 945. The average molecular weight is 422 g/mol. The van der Waals surface area contributed by atoms with E-state index in [1.807, 2.05) is 25.1 Å². The van der Waals surface area contributed by atoms with Crippen molar-refractivity contribution in [3.8, 4) is 11.5 Å². The molecule has 0 aliphatic rings. The number of urea groups is 1. The maximum Gasteiger partial charge on any atom is 0.317 e. The number of nitrogens with two attached hydrogens (primary N) is 1. The number of hydrogen-bond donors (Lipinski definition) is 2. The second-order valence-electron chi connectivity index (χ2n) is 6.57. The average Bonchev–Trinajstić information content (AvgIpc) is 2.71. The largest absolute Gasteiger partial charge is 0.493 e. The van der Waals surface area contributed by atoms with Gasteiger partial charge in [-0.15, -0.1) is 0 Å². The van der Waals surface area contributed by atoms with Crippen molar-refractivity contribution in [3.05, 3.63) is 53.6 Å². The molecule has 0 saturated carbocycles. The fourth-order valence-corrected chi connectivity index (χ4v) is 3.33. The van der Waals surface area contributed by atoms with Gasteiger partial charge >= 0.3 is 6.03 Å². The van der Waals surface area contributed by atoms with Crippen molar-refractivity contribution in [1.82, 2.24) is 10.2 Å². The van der Waals surface area contributed by atoms with Crippen LogP contribution in [0.2, 0.25) is 0 Å². The summed E-state index contributed by atoms with van der Waals surface area (Å²) in [6.07, 6.45) is 0.636. The van der Waals surface area contributed by atoms with Crippen molar-refractivity contribution in [2.45, 2.75) is 24.3 Å². The third kappa shape index (κ3) is 5.85. The molecular weight excluding hydrogens is 394 g/mol. The van der Waals surface area contributed by atoms with Gasteiger partial charge in [0, 0.05) is 13.6 Å². The van der Waals surface area contributed by atoms with E-state index in [0.29, 0.717) is 24.5 Å². The third-order valence-electron chi connectivity index (χ3n) is 4.73. The Morgan fingerprint density at radius 2 is 1.72 bits per heavy atom. The molecule has 0 bridgehead atoms. The van der Waals surface area contributed by atoms with Crippen LogP contribution < -0.4 is 19.9 Å². The lowest BCUT2D eigenvalue weighted by Crippen LogP contribution is -2.39. The molecule has 0 unspecified atom stereocenters. The zero-order valence-electron chi connectivity index (χ0n) is 17.0. The minimum atomic E-state index is -3.74. The van der Waals surface area contributed by atoms with Crippen LogP contribution in [-0.4, -0.2) is 47.2 Å². The standard InChI is InChI=1S/C20H27N3O5S/c1-14(16-6-8-17(9-7-16)29(21,25)26)23(2)20(24)22-12-11-15-5-10-18(27-3)19(13-15)28-4/h5-10,13-14H,11-12H2,1-4H3,(H,22,24)(H2,21,25,26)/t14-/m0/s1. The predicted octanol–water partition coefficient (Wildman–Crippen LogP) is 2.30. The number of nitrogens with zero attached hydrogens (tertiary/aromatic N) is 1. The molecular formula is C20H27N3O5S. The molecule has 1 atom stereocenters. The maximum atomic E-state index is 12.5. The lowest BCUT2D eigenvalue weighted by atomic mass is 10.1. The number of hydrogen-bond acceptors (Lipinski definition) is 5. The Morgan fingerprint density at radius 3 is 2.28 bits per heavy atom. The number of amides is 2. The monoisotopic (exact) mass is 421 g/mol. The zero-order chi connectivity index (χ0) is 21.6. The number of primary sulfonamides is 1. The minimum Gasteiger partial charge on any atom is -0.493 e. The van der Waals surface area contributed by atoms with Gasteiger partial charge in [-0.25, -0.2) is 18.4 Å². The van der Waals surface area contributed by atoms with Gasteiger partial charge in [0.15, 0.2) is 11.5 Å². The summed E-state index contributed by atoms with van der Waals surface area (Å²) in [6.45, 7) is 2.32. The van der Waals surface area contributed by atoms with Gasteiger partial charge in [-0.3, -0.25) is 0 Å². The highest BCUT2D eigenvalue weighted by Crippen LogP contribution is 2.27. The number of ether oxygens (including phenoxy) is 2. The lowest BCUT2D eigenvalue weighted by molar-refractivity contribution is 0.194. The molecule has 2 amide bonds. The number of nitrogens with one attached hydrogen (secondary N) is 1. The summed E-state index contributed by atoms with van der Waals surface area (Å²) in [5.41, 5.74) is 1.81. The van der Waals surface area contributed by atoms with Crippen LogP contribution in [0.4, 0.5) is 4.79 Å². The smallest absolute Gasteiger partial charge is 0.317 e. The van der Waals surface area contributed by atoms with Crippen LogP contribution in [0.25, 0.3) is 0 Å². The van der Waals surface area contributed by atoms with E-state index in [1.165, 1.54) is 12.1 Å². The van der Waals surface area contributed by atoms with Crippen LogP contribution in [0, 0.1) is 0 Å². The first kappa shape index (κ1) is 22.5. The van der Waals surface area contributed by atoms with Crippen molar-refractivity contribution in [3.63, 3.8) is 0 Å². The second kappa shape index (κ2) is 9.62. The third-order valence-corrected chi connectivity index (χ3v) is 5.66. The van der Waals surface area contributed by atoms with Crippen LogP contribution in [0.1, 0.15) is 24.1 Å². The predicted molar refractivity (Wildman–Crippen MR) is 111 cm³/mol. The molecule has 2 aromatic rings. The maximum absolute atomic E-state index is 12.5. The summed E-state index contributed by atoms with van der Waals surface area (Å²) in [5, 5.41) is 7.99. The molecule has 0 heterocycles. The SMILES string of the molecule is COc1ccc(CCNC(=O)N(C)[C@@H](C)c2ccc(S(N)(=O)=O)cc2)cc1OC. The van der Waals surface area contributed by atoms with E-state index in [-0.39, 0.29) is 17.0 Å². The van der Waals surface area contributed by atoms with Crippen molar-refractivity contribution in [2.24, 2.45) is 5.14 Å². The number of carbonyl (C=O) groups excluding carboxylic acids is 1. The molecule has 9 heteroatoms. The number of benzene rings is 2. The van der Waals surface area contributed by atoms with Gasteiger partial charge in [-0.2, -0.15) is 0 Å². The second-order valence-corrected chi connectivity index (χ2v) is 8.13. The van der Waals surface area contributed by atoms with Gasteiger partial charge in [0.2, 0.25) is 10.0 Å². The van der Waals surface area contributed by atoms with Gasteiger partial charge in [-0.05, 0) is 48.7 Å². The van der Waals surface area contributed by atoms with Gasteiger partial charge in [-0.1, -0.05) is 18.2 Å². The Balaban J connectivity index is 1.93. The summed E-state index contributed by atoms with van der Waals surface area (Å²) < 4.78 is 33.2. The van der Waals surface area contributed by atoms with E-state index in [4.69, 9.17) is 14.6 Å². The first-order valence-electron chi connectivity index (χ1n) is 9.01. The number of sulfonamides is 1. The van der Waals surface area contributed by atoms with Gasteiger partial charge < -0.3 is 19.7 Å². The molecule has 29 heavy (non-hydrogen) atoms. The van der Waals surface area contributed by atoms with Crippen molar-refractivity contribution < 1.29 is 22.7 Å². The molecule has 2 aromatic carbocycles. The summed E-state index contributed by atoms with van der Waals surface area (Å²) in [4.78, 5) is 14.0. The Kier molecular flexibility index (Phi) is 7.46. The van der Waals surface area contributed by atoms with Crippen molar-refractivity contribution in [2.75, 3.05) is 27.8 Å². The molecule has 0 fully saturated rings. The number of carbonyl (C=O) groups is 1. The van der Waals surface area contributed by atoms with Crippen LogP contribution in [0.15, 0.2) is 47.4 Å². The van der Waals surface area contributed by atoms with E-state index in [1.54, 1.807) is 38.3 Å². The molecule has 0 spiro atoms. The van der Waals surface area contributed by atoms with Gasteiger partial charge in [0.1, 0.15) is 0 Å². The van der Waals surface area contributed by atoms with Gasteiger partial charge in [0.25, 0.3) is 0 Å². The summed E-state index contributed by atoms with van der Waals surface area (Å²) >= 11 is 0.